The first-order chi connectivity index (χ1) is 6.33. The SMILES string of the molecule is N#CCc1ccc(F)c2[nH]ccc12. The monoisotopic (exact) mass is 174 g/mol. The van der Waals surface area contributed by atoms with Gasteiger partial charge in [0, 0.05) is 11.6 Å². The third-order valence-electron chi connectivity index (χ3n) is 2.03. The van der Waals surface area contributed by atoms with Gasteiger partial charge in [0.25, 0.3) is 0 Å². The molecule has 1 aromatic heterocycles. The van der Waals surface area contributed by atoms with E-state index in [1.54, 1.807) is 18.3 Å². The lowest BCUT2D eigenvalue weighted by Crippen LogP contribution is -1.85. The van der Waals surface area contributed by atoms with E-state index in [1.807, 2.05) is 6.07 Å². The summed E-state index contributed by atoms with van der Waals surface area (Å²) < 4.78 is 13.1. The Bertz CT molecular complexity index is 479. The van der Waals surface area contributed by atoms with Gasteiger partial charge >= 0.3 is 0 Å². The fraction of sp³-hybridized carbons (Fsp3) is 0.100. The molecule has 0 aliphatic heterocycles. The second kappa shape index (κ2) is 2.91. The van der Waals surface area contributed by atoms with Crippen LogP contribution in [0.15, 0.2) is 24.4 Å². The fourth-order valence-corrected chi connectivity index (χ4v) is 1.42. The van der Waals surface area contributed by atoms with Crippen LogP contribution in [0, 0.1) is 17.1 Å². The van der Waals surface area contributed by atoms with E-state index < -0.39 is 0 Å². The Morgan fingerprint density at radius 1 is 1.38 bits per heavy atom. The van der Waals surface area contributed by atoms with Gasteiger partial charge in [0.2, 0.25) is 0 Å². The van der Waals surface area contributed by atoms with Crippen molar-refractivity contribution in [1.82, 2.24) is 4.98 Å². The topological polar surface area (TPSA) is 39.6 Å². The van der Waals surface area contributed by atoms with Crippen molar-refractivity contribution in [2.75, 3.05) is 0 Å². The molecule has 0 radical (unpaired) electrons. The summed E-state index contributed by atoms with van der Waals surface area (Å²) in [4.78, 5) is 2.80. The molecule has 0 fully saturated rings. The van der Waals surface area contributed by atoms with Crippen LogP contribution in [0.4, 0.5) is 4.39 Å². The first kappa shape index (κ1) is 7.81. The average molecular weight is 174 g/mol. The maximum Gasteiger partial charge on any atom is 0.147 e. The summed E-state index contributed by atoms with van der Waals surface area (Å²) in [5.74, 6) is -0.276. The number of aromatic amines is 1. The summed E-state index contributed by atoms with van der Waals surface area (Å²) in [5, 5.41) is 9.33. The third kappa shape index (κ3) is 1.17. The van der Waals surface area contributed by atoms with Crippen LogP contribution in [-0.2, 0) is 6.42 Å². The van der Waals surface area contributed by atoms with Gasteiger partial charge in [-0.1, -0.05) is 6.07 Å². The predicted octanol–water partition coefficient (Wildman–Crippen LogP) is 2.37. The highest BCUT2D eigenvalue weighted by atomic mass is 19.1. The Balaban J connectivity index is 2.72. The molecule has 1 heterocycles. The molecular weight excluding hydrogens is 167 g/mol. The predicted molar refractivity (Wildman–Crippen MR) is 47.6 cm³/mol. The lowest BCUT2D eigenvalue weighted by molar-refractivity contribution is 0.637. The fourth-order valence-electron chi connectivity index (χ4n) is 1.42. The van der Waals surface area contributed by atoms with Gasteiger partial charge in [-0.2, -0.15) is 5.26 Å². The van der Waals surface area contributed by atoms with Gasteiger partial charge in [0.15, 0.2) is 0 Å². The van der Waals surface area contributed by atoms with Crippen molar-refractivity contribution in [3.63, 3.8) is 0 Å². The standard InChI is InChI=1S/C10H7FN2/c11-9-2-1-7(3-5-12)8-4-6-13-10(8)9/h1-2,4,6,13H,3H2. The minimum absolute atomic E-state index is 0.276. The Labute approximate surface area is 74.6 Å². The molecule has 0 amide bonds. The van der Waals surface area contributed by atoms with Crippen molar-refractivity contribution < 1.29 is 4.39 Å². The Kier molecular flexibility index (Phi) is 1.75. The third-order valence-corrected chi connectivity index (χ3v) is 2.03. The minimum atomic E-state index is -0.276. The zero-order chi connectivity index (χ0) is 9.26. The molecule has 2 nitrogen and oxygen atoms in total. The van der Waals surface area contributed by atoms with E-state index in [1.165, 1.54) is 6.07 Å². The number of rotatable bonds is 1. The number of benzene rings is 1. The lowest BCUT2D eigenvalue weighted by atomic mass is 10.1. The summed E-state index contributed by atoms with van der Waals surface area (Å²) in [7, 11) is 0. The van der Waals surface area contributed by atoms with Crippen molar-refractivity contribution in [2.45, 2.75) is 6.42 Å². The van der Waals surface area contributed by atoms with Crippen LogP contribution < -0.4 is 0 Å². The maximum atomic E-state index is 13.1. The minimum Gasteiger partial charge on any atom is -0.359 e. The number of aromatic nitrogens is 1. The highest BCUT2D eigenvalue weighted by Gasteiger charge is 2.05. The molecule has 1 aromatic carbocycles. The van der Waals surface area contributed by atoms with E-state index in [-0.39, 0.29) is 5.82 Å². The Hall–Kier alpha value is -1.82. The largest absolute Gasteiger partial charge is 0.359 e. The smallest absolute Gasteiger partial charge is 0.147 e. The van der Waals surface area contributed by atoms with Gasteiger partial charge in [-0.3, -0.25) is 0 Å². The quantitative estimate of drug-likeness (QED) is 0.708. The van der Waals surface area contributed by atoms with Crippen LogP contribution in [0.1, 0.15) is 5.56 Å². The van der Waals surface area contributed by atoms with Crippen molar-refractivity contribution in [3.05, 3.63) is 35.8 Å². The van der Waals surface area contributed by atoms with Crippen LogP contribution >= 0.6 is 0 Å². The maximum absolute atomic E-state index is 13.1. The molecule has 2 rings (SSSR count). The van der Waals surface area contributed by atoms with E-state index >= 15 is 0 Å². The summed E-state index contributed by atoms with van der Waals surface area (Å²) in [6.07, 6.45) is 1.99. The molecule has 0 aliphatic rings. The second-order valence-corrected chi connectivity index (χ2v) is 2.81. The molecule has 0 saturated carbocycles. The molecule has 0 unspecified atom stereocenters. The Morgan fingerprint density at radius 2 is 2.23 bits per heavy atom. The number of fused-ring (bicyclic) bond motifs is 1. The highest BCUT2D eigenvalue weighted by molar-refractivity contribution is 5.83. The van der Waals surface area contributed by atoms with Gasteiger partial charge in [-0.15, -0.1) is 0 Å². The number of halogens is 1. The van der Waals surface area contributed by atoms with Crippen LogP contribution in [-0.4, -0.2) is 4.98 Å². The molecule has 0 atom stereocenters. The highest BCUT2D eigenvalue weighted by Crippen LogP contribution is 2.20. The second-order valence-electron chi connectivity index (χ2n) is 2.81. The summed E-state index contributed by atoms with van der Waals surface area (Å²) >= 11 is 0. The molecule has 13 heavy (non-hydrogen) atoms. The first-order valence-corrected chi connectivity index (χ1v) is 3.94. The van der Waals surface area contributed by atoms with Crippen molar-refractivity contribution in [1.29, 1.82) is 5.26 Å². The van der Waals surface area contributed by atoms with Gasteiger partial charge in [-0.25, -0.2) is 4.39 Å². The van der Waals surface area contributed by atoms with Gasteiger partial charge in [-0.05, 0) is 17.7 Å². The molecule has 0 spiro atoms. The average Bonchev–Trinajstić information content (AvgIpc) is 2.59. The molecule has 0 saturated heterocycles. The van der Waals surface area contributed by atoms with Gasteiger partial charge in [0.1, 0.15) is 5.82 Å². The zero-order valence-corrected chi connectivity index (χ0v) is 6.84. The lowest BCUT2D eigenvalue weighted by Gasteiger charge is -1.98. The Morgan fingerprint density at radius 3 is 3.00 bits per heavy atom. The number of hydrogen-bond acceptors (Lipinski definition) is 1. The zero-order valence-electron chi connectivity index (χ0n) is 6.84. The van der Waals surface area contributed by atoms with E-state index in [4.69, 9.17) is 5.26 Å². The number of H-pyrrole nitrogens is 1. The molecule has 0 bridgehead atoms. The van der Waals surface area contributed by atoms with E-state index in [0.717, 1.165) is 10.9 Å². The number of nitrogens with one attached hydrogen (secondary N) is 1. The van der Waals surface area contributed by atoms with E-state index in [0.29, 0.717) is 11.9 Å². The van der Waals surface area contributed by atoms with Crippen LogP contribution in [0.5, 0.6) is 0 Å². The number of nitriles is 1. The molecule has 2 aromatic rings. The van der Waals surface area contributed by atoms with Crippen molar-refractivity contribution >= 4 is 10.9 Å². The molecule has 1 N–H and O–H groups in total. The number of nitrogens with zero attached hydrogens (tertiary/aromatic N) is 1. The van der Waals surface area contributed by atoms with Crippen molar-refractivity contribution in [2.24, 2.45) is 0 Å². The number of hydrogen-bond donors (Lipinski definition) is 1. The summed E-state index contributed by atoms with van der Waals surface area (Å²) in [5.41, 5.74) is 1.34. The van der Waals surface area contributed by atoms with Gasteiger partial charge in [0.05, 0.1) is 18.0 Å². The summed E-state index contributed by atoms with van der Waals surface area (Å²) in [6.45, 7) is 0. The van der Waals surface area contributed by atoms with Crippen LogP contribution in [0.25, 0.3) is 10.9 Å². The molecular formula is C10H7FN2. The van der Waals surface area contributed by atoms with E-state index in [9.17, 15) is 4.39 Å². The molecule has 3 heteroatoms. The first-order valence-electron chi connectivity index (χ1n) is 3.94. The summed E-state index contributed by atoms with van der Waals surface area (Å²) in [6, 6.07) is 6.86. The van der Waals surface area contributed by atoms with E-state index in [2.05, 4.69) is 4.98 Å². The normalized spacial score (nSPS) is 10.2. The molecule has 0 aliphatic carbocycles. The van der Waals surface area contributed by atoms with Gasteiger partial charge < -0.3 is 4.98 Å². The molecule has 64 valence electrons. The van der Waals surface area contributed by atoms with Crippen LogP contribution in [0.2, 0.25) is 0 Å². The van der Waals surface area contributed by atoms with Crippen molar-refractivity contribution in [3.8, 4) is 6.07 Å². The van der Waals surface area contributed by atoms with Crippen LogP contribution in [0.3, 0.4) is 0 Å².